The Labute approximate surface area is 204 Å². The summed E-state index contributed by atoms with van der Waals surface area (Å²) in [5, 5.41) is 3.58. The molecule has 0 atom stereocenters. The predicted molar refractivity (Wildman–Crippen MR) is 132 cm³/mol. The number of aromatic nitrogens is 2. The number of ether oxygens (including phenoxy) is 1. The van der Waals surface area contributed by atoms with E-state index in [9.17, 15) is 14.4 Å². The van der Waals surface area contributed by atoms with Crippen molar-refractivity contribution in [3.05, 3.63) is 75.4 Å². The van der Waals surface area contributed by atoms with Crippen LogP contribution < -0.4 is 11.1 Å². The minimum Gasteiger partial charge on any atom is -0.462 e. The van der Waals surface area contributed by atoms with E-state index in [0.717, 1.165) is 16.9 Å². The molecule has 3 aromatic heterocycles. The van der Waals surface area contributed by atoms with E-state index < -0.39 is 11.9 Å². The molecule has 10 heteroatoms. The molecule has 0 radical (unpaired) electrons. The number of imidazole rings is 1. The van der Waals surface area contributed by atoms with Crippen molar-refractivity contribution in [2.45, 2.75) is 20.3 Å². The molecule has 0 aliphatic heterocycles. The average molecular weight is 497 g/mol. The second-order valence-electron chi connectivity index (χ2n) is 7.41. The van der Waals surface area contributed by atoms with E-state index in [1.54, 1.807) is 26.0 Å². The minimum atomic E-state index is -0.680. The Hall–Kier alpha value is -3.69. The summed E-state index contributed by atoms with van der Waals surface area (Å²) in [4.78, 5) is 42.4. The zero-order chi connectivity index (χ0) is 24.4. The van der Waals surface area contributed by atoms with Crippen molar-refractivity contribution in [2.75, 3.05) is 11.9 Å². The van der Waals surface area contributed by atoms with Gasteiger partial charge in [0, 0.05) is 16.8 Å². The number of amides is 2. The van der Waals surface area contributed by atoms with Crippen molar-refractivity contribution < 1.29 is 19.1 Å². The fourth-order valence-electron chi connectivity index (χ4n) is 3.66. The molecule has 34 heavy (non-hydrogen) atoms. The van der Waals surface area contributed by atoms with Gasteiger partial charge in [0.2, 0.25) is 5.91 Å². The molecule has 0 aliphatic carbocycles. The van der Waals surface area contributed by atoms with Crippen LogP contribution in [0.2, 0.25) is 5.02 Å². The van der Waals surface area contributed by atoms with Gasteiger partial charge in [-0.1, -0.05) is 29.8 Å². The van der Waals surface area contributed by atoms with E-state index in [1.165, 1.54) is 0 Å². The molecule has 174 valence electrons. The number of benzene rings is 1. The highest BCUT2D eigenvalue weighted by atomic mass is 35.5. The van der Waals surface area contributed by atoms with Gasteiger partial charge in [-0.25, -0.2) is 9.78 Å². The van der Waals surface area contributed by atoms with Crippen LogP contribution in [-0.4, -0.2) is 33.8 Å². The molecular weight excluding hydrogens is 476 g/mol. The number of carbonyl (C=O) groups excluding carboxylic acids is 3. The van der Waals surface area contributed by atoms with E-state index in [4.69, 9.17) is 27.1 Å². The third-order valence-corrected chi connectivity index (χ3v) is 6.65. The van der Waals surface area contributed by atoms with Crippen molar-refractivity contribution >= 4 is 51.4 Å². The molecule has 2 amide bonds. The lowest BCUT2D eigenvalue weighted by molar-refractivity contribution is -0.115. The van der Waals surface area contributed by atoms with E-state index in [2.05, 4.69) is 5.32 Å². The lowest BCUT2D eigenvalue weighted by atomic mass is 10.1. The van der Waals surface area contributed by atoms with Gasteiger partial charge in [0.1, 0.15) is 10.6 Å². The summed E-state index contributed by atoms with van der Waals surface area (Å²) in [5.74, 6) is -1.69. The van der Waals surface area contributed by atoms with E-state index in [0.29, 0.717) is 27.6 Å². The molecule has 4 aromatic rings. The van der Waals surface area contributed by atoms with Gasteiger partial charge in [0.25, 0.3) is 5.91 Å². The number of hydrogen-bond acceptors (Lipinski definition) is 6. The van der Waals surface area contributed by atoms with Gasteiger partial charge in [-0.2, -0.15) is 0 Å². The maximum Gasteiger partial charge on any atom is 0.341 e. The minimum absolute atomic E-state index is 0.0335. The second-order valence-corrected chi connectivity index (χ2v) is 8.87. The normalized spacial score (nSPS) is 10.9. The van der Waals surface area contributed by atoms with Crippen LogP contribution in [0.5, 0.6) is 0 Å². The standard InChI is InChI=1S/C24H21ClN4O4S/c1-3-33-24(32)19-13(2)21(22(26)31)34-23(19)28-18(30)12-16-20(14-7-9-15(25)10-8-14)27-17-6-4-5-11-29(16)17/h4-11H,3,12H2,1-2H3,(H2,26,31)(H,28,30). The summed E-state index contributed by atoms with van der Waals surface area (Å²) in [7, 11) is 0. The van der Waals surface area contributed by atoms with Gasteiger partial charge < -0.3 is 20.2 Å². The fraction of sp³-hybridized carbons (Fsp3) is 0.167. The van der Waals surface area contributed by atoms with Gasteiger partial charge in [0.15, 0.2) is 0 Å². The highest BCUT2D eigenvalue weighted by Gasteiger charge is 2.26. The summed E-state index contributed by atoms with van der Waals surface area (Å²) < 4.78 is 6.95. The van der Waals surface area contributed by atoms with E-state index >= 15 is 0 Å². The number of primary amides is 1. The zero-order valence-electron chi connectivity index (χ0n) is 18.4. The van der Waals surface area contributed by atoms with E-state index in [1.807, 2.05) is 40.9 Å². The summed E-state index contributed by atoms with van der Waals surface area (Å²) in [5.41, 5.74) is 8.76. The third kappa shape index (κ3) is 4.52. The number of rotatable bonds is 7. The first-order valence-electron chi connectivity index (χ1n) is 10.4. The maximum absolute atomic E-state index is 13.1. The number of nitrogens with two attached hydrogens (primary N) is 1. The van der Waals surface area contributed by atoms with Crippen molar-refractivity contribution in [3.8, 4) is 11.3 Å². The number of carbonyl (C=O) groups is 3. The number of pyridine rings is 1. The maximum atomic E-state index is 13.1. The quantitative estimate of drug-likeness (QED) is 0.366. The molecule has 0 fully saturated rings. The molecule has 0 bridgehead atoms. The van der Waals surface area contributed by atoms with Gasteiger partial charge in [0.05, 0.1) is 34.9 Å². The SMILES string of the molecule is CCOC(=O)c1c(NC(=O)Cc2c(-c3ccc(Cl)cc3)nc3ccccn23)sc(C(N)=O)c1C. The first-order valence-corrected chi connectivity index (χ1v) is 11.6. The number of nitrogens with zero attached hydrogens (tertiary/aromatic N) is 2. The summed E-state index contributed by atoms with van der Waals surface area (Å²) in [6.45, 7) is 3.43. The van der Waals surface area contributed by atoms with Crippen LogP contribution in [0.4, 0.5) is 5.00 Å². The molecule has 0 saturated carbocycles. The van der Waals surface area contributed by atoms with Crippen molar-refractivity contribution in [2.24, 2.45) is 5.73 Å². The van der Waals surface area contributed by atoms with Crippen LogP contribution >= 0.6 is 22.9 Å². The van der Waals surface area contributed by atoms with Crippen LogP contribution in [0.1, 0.15) is 38.2 Å². The van der Waals surface area contributed by atoms with E-state index in [-0.39, 0.29) is 34.4 Å². The lowest BCUT2D eigenvalue weighted by Crippen LogP contribution is -2.18. The smallest absolute Gasteiger partial charge is 0.341 e. The van der Waals surface area contributed by atoms with Gasteiger partial charge in [-0.05, 0) is 43.7 Å². The molecule has 0 spiro atoms. The Morgan fingerprint density at radius 3 is 2.59 bits per heavy atom. The number of fused-ring (bicyclic) bond motifs is 1. The Bertz CT molecular complexity index is 1410. The first-order chi connectivity index (χ1) is 16.3. The highest BCUT2D eigenvalue weighted by Crippen LogP contribution is 2.34. The van der Waals surface area contributed by atoms with Crippen LogP contribution in [0.15, 0.2) is 48.7 Å². The van der Waals surface area contributed by atoms with Gasteiger partial charge in [-0.3, -0.25) is 9.59 Å². The summed E-state index contributed by atoms with van der Waals surface area (Å²) in [6.07, 6.45) is 1.79. The topological polar surface area (TPSA) is 116 Å². The molecule has 1 aromatic carbocycles. The molecular formula is C24H21ClN4O4S. The number of halogens is 1. The second kappa shape index (κ2) is 9.66. The lowest BCUT2D eigenvalue weighted by Gasteiger charge is -2.09. The number of anilines is 1. The molecule has 8 nitrogen and oxygen atoms in total. The molecule has 0 unspecified atom stereocenters. The van der Waals surface area contributed by atoms with Crippen LogP contribution in [0.25, 0.3) is 16.9 Å². The molecule has 0 aliphatic rings. The van der Waals surface area contributed by atoms with Crippen molar-refractivity contribution in [3.63, 3.8) is 0 Å². The fourth-order valence-corrected chi connectivity index (χ4v) is 4.85. The van der Waals surface area contributed by atoms with Crippen LogP contribution in [0.3, 0.4) is 0 Å². The summed E-state index contributed by atoms with van der Waals surface area (Å²) >= 11 is 6.98. The molecule has 4 rings (SSSR count). The molecule has 0 saturated heterocycles. The number of thiophene rings is 1. The molecule has 3 N–H and O–H groups in total. The Kier molecular flexibility index (Phi) is 6.67. The Morgan fingerprint density at radius 1 is 1.18 bits per heavy atom. The highest BCUT2D eigenvalue weighted by molar-refractivity contribution is 7.18. The monoisotopic (exact) mass is 496 g/mol. The average Bonchev–Trinajstić information content (AvgIpc) is 3.32. The largest absolute Gasteiger partial charge is 0.462 e. The number of hydrogen-bond donors (Lipinski definition) is 2. The Morgan fingerprint density at radius 2 is 1.91 bits per heavy atom. The third-order valence-electron chi connectivity index (χ3n) is 5.18. The van der Waals surface area contributed by atoms with Crippen LogP contribution in [0, 0.1) is 6.92 Å². The zero-order valence-corrected chi connectivity index (χ0v) is 20.0. The van der Waals surface area contributed by atoms with Crippen LogP contribution in [-0.2, 0) is 16.0 Å². The first kappa shape index (κ1) is 23.5. The predicted octanol–water partition coefficient (Wildman–Crippen LogP) is 4.48. The van der Waals surface area contributed by atoms with Gasteiger partial charge >= 0.3 is 5.97 Å². The number of esters is 1. The Balaban J connectivity index is 1.71. The van der Waals surface area contributed by atoms with Gasteiger partial charge in [-0.15, -0.1) is 11.3 Å². The van der Waals surface area contributed by atoms with Crippen molar-refractivity contribution in [1.82, 2.24) is 9.38 Å². The number of nitrogens with one attached hydrogen (secondary N) is 1. The summed E-state index contributed by atoms with van der Waals surface area (Å²) in [6, 6.07) is 12.8. The van der Waals surface area contributed by atoms with Crippen molar-refractivity contribution in [1.29, 1.82) is 0 Å². The molecule has 3 heterocycles.